The fraction of sp³-hybridized carbons (Fsp3) is 0.579. The van der Waals surface area contributed by atoms with Crippen molar-refractivity contribution in [3.05, 3.63) is 16.0 Å². The summed E-state index contributed by atoms with van der Waals surface area (Å²) >= 11 is 1.33. The Balaban J connectivity index is 1.84. The molecule has 9 heteroatoms. The number of hydrogen-bond acceptors (Lipinski definition) is 7. The highest BCUT2D eigenvalue weighted by molar-refractivity contribution is 7.16. The van der Waals surface area contributed by atoms with Gasteiger partial charge in [0.15, 0.2) is 0 Å². The molecule has 1 unspecified atom stereocenters. The summed E-state index contributed by atoms with van der Waals surface area (Å²) in [6, 6.07) is 2.21. The van der Waals surface area contributed by atoms with Gasteiger partial charge in [-0.3, -0.25) is 9.59 Å². The monoisotopic (exact) mass is 405 g/mol. The topological polar surface area (TPSA) is 99.9 Å². The Morgan fingerprint density at radius 1 is 1.32 bits per heavy atom. The molecular formula is C19H23N3O5S. The van der Waals surface area contributed by atoms with Crippen LogP contribution in [-0.2, 0) is 32.0 Å². The summed E-state index contributed by atoms with van der Waals surface area (Å²) in [7, 11) is 1.30. The molecule has 0 aromatic carbocycles. The first kappa shape index (κ1) is 20.1. The summed E-state index contributed by atoms with van der Waals surface area (Å²) in [5, 5.41) is 10.2. The number of carbonyl (C=O) groups excluding carboxylic acids is 3. The first-order valence-electron chi connectivity index (χ1n) is 9.05. The smallest absolute Gasteiger partial charge is 0.410 e. The number of rotatable bonds is 2. The van der Waals surface area contributed by atoms with Gasteiger partial charge in [-0.05, 0) is 32.8 Å². The van der Waals surface area contributed by atoms with E-state index in [4.69, 9.17) is 9.47 Å². The summed E-state index contributed by atoms with van der Waals surface area (Å²) in [4.78, 5) is 40.6. The van der Waals surface area contributed by atoms with Gasteiger partial charge in [0.05, 0.1) is 25.1 Å². The van der Waals surface area contributed by atoms with Gasteiger partial charge in [0.25, 0.3) is 0 Å². The maximum absolute atomic E-state index is 12.4. The number of methoxy groups -OCH3 is 1. The molecule has 1 aromatic rings. The van der Waals surface area contributed by atoms with E-state index < -0.39 is 23.6 Å². The number of ether oxygens (including phenoxy) is 2. The van der Waals surface area contributed by atoms with Crippen molar-refractivity contribution < 1.29 is 23.9 Å². The number of thiophene rings is 1. The number of amides is 2. The third kappa shape index (κ3) is 3.83. The molecule has 3 heterocycles. The molecule has 0 saturated carbocycles. The second-order valence-electron chi connectivity index (χ2n) is 7.88. The van der Waals surface area contributed by atoms with Crippen molar-refractivity contribution in [1.82, 2.24) is 4.90 Å². The third-order valence-corrected chi connectivity index (χ3v) is 5.95. The van der Waals surface area contributed by atoms with Crippen molar-refractivity contribution in [1.29, 1.82) is 5.26 Å². The lowest BCUT2D eigenvalue weighted by Crippen LogP contribution is -2.39. The summed E-state index contributed by atoms with van der Waals surface area (Å²) in [6.07, 6.45) is 0.204. The van der Waals surface area contributed by atoms with Gasteiger partial charge in [-0.1, -0.05) is 0 Å². The Hall–Kier alpha value is -2.60. The average Bonchev–Trinajstić information content (AvgIpc) is 3.18. The van der Waals surface area contributed by atoms with E-state index in [1.165, 1.54) is 23.3 Å². The van der Waals surface area contributed by atoms with Crippen molar-refractivity contribution in [2.24, 2.45) is 5.92 Å². The van der Waals surface area contributed by atoms with E-state index in [1.807, 2.05) is 20.8 Å². The molecule has 1 fully saturated rings. The van der Waals surface area contributed by atoms with Crippen LogP contribution in [0.5, 0.6) is 0 Å². The highest BCUT2D eigenvalue weighted by atomic mass is 32.1. The number of nitrogens with zero attached hydrogens (tertiary/aromatic N) is 3. The van der Waals surface area contributed by atoms with Crippen molar-refractivity contribution in [3.63, 3.8) is 0 Å². The van der Waals surface area contributed by atoms with Gasteiger partial charge in [-0.25, -0.2) is 4.79 Å². The van der Waals surface area contributed by atoms with Gasteiger partial charge in [0.2, 0.25) is 5.91 Å². The predicted molar refractivity (Wildman–Crippen MR) is 102 cm³/mol. The lowest BCUT2D eigenvalue weighted by molar-refractivity contribution is -0.145. The Labute approximate surface area is 167 Å². The standard InChI is InChI=1S/C19H23N3O5S/c1-19(2,3)27-18(25)21-6-5-12-13(8-20)16(28-14(12)10-21)22-9-11(7-15(22)23)17(24)26-4/h11H,5-7,9-10H2,1-4H3. The zero-order valence-electron chi connectivity index (χ0n) is 16.4. The highest BCUT2D eigenvalue weighted by Gasteiger charge is 2.39. The van der Waals surface area contributed by atoms with Crippen LogP contribution in [0.2, 0.25) is 0 Å². The first-order valence-corrected chi connectivity index (χ1v) is 9.87. The maximum atomic E-state index is 12.4. The summed E-state index contributed by atoms with van der Waals surface area (Å²) in [5.74, 6) is -1.15. The lowest BCUT2D eigenvalue weighted by atomic mass is 10.0. The molecule has 0 aliphatic carbocycles. The molecule has 2 aliphatic heterocycles. The van der Waals surface area contributed by atoms with Gasteiger partial charge >= 0.3 is 12.1 Å². The van der Waals surface area contributed by atoms with E-state index in [2.05, 4.69) is 6.07 Å². The Bertz CT molecular complexity index is 864. The summed E-state index contributed by atoms with van der Waals surface area (Å²) in [5.41, 5.74) is 0.750. The fourth-order valence-corrected chi connectivity index (χ4v) is 4.74. The fourth-order valence-electron chi connectivity index (χ4n) is 3.41. The summed E-state index contributed by atoms with van der Waals surface area (Å²) < 4.78 is 10.2. The van der Waals surface area contributed by atoms with Crippen molar-refractivity contribution >= 4 is 34.3 Å². The van der Waals surface area contributed by atoms with Gasteiger partial charge in [0, 0.05) is 24.4 Å². The third-order valence-electron chi connectivity index (χ3n) is 4.71. The van der Waals surface area contributed by atoms with E-state index in [0.29, 0.717) is 30.1 Å². The van der Waals surface area contributed by atoms with Crippen LogP contribution in [0.25, 0.3) is 0 Å². The summed E-state index contributed by atoms with van der Waals surface area (Å²) in [6.45, 7) is 6.43. The normalized spacial score (nSPS) is 19.2. The molecule has 0 bridgehead atoms. The first-order chi connectivity index (χ1) is 13.1. The van der Waals surface area contributed by atoms with E-state index in [-0.39, 0.29) is 18.9 Å². The van der Waals surface area contributed by atoms with Crippen molar-refractivity contribution in [2.75, 3.05) is 25.1 Å². The van der Waals surface area contributed by atoms with E-state index in [1.54, 1.807) is 4.90 Å². The van der Waals surface area contributed by atoms with Crippen LogP contribution in [0, 0.1) is 17.2 Å². The second kappa shape index (κ2) is 7.43. The highest BCUT2D eigenvalue weighted by Crippen LogP contribution is 2.41. The quantitative estimate of drug-likeness (QED) is 0.701. The number of esters is 1. The molecule has 0 radical (unpaired) electrons. The zero-order valence-corrected chi connectivity index (χ0v) is 17.2. The molecule has 2 aliphatic rings. The van der Waals surface area contributed by atoms with Crippen molar-refractivity contribution in [2.45, 2.75) is 45.8 Å². The molecule has 1 saturated heterocycles. The lowest BCUT2D eigenvalue weighted by Gasteiger charge is -2.29. The zero-order chi connectivity index (χ0) is 20.6. The molecule has 150 valence electrons. The van der Waals surface area contributed by atoms with E-state index in [9.17, 15) is 19.6 Å². The van der Waals surface area contributed by atoms with Crippen LogP contribution >= 0.6 is 11.3 Å². The van der Waals surface area contributed by atoms with Crippen LogP contribution in [-0.4, -0.2) is 48.7 Å². The van der Waals surface area contributed by atoms with E-state index >= 15 is 0 Å². The minimum atomic E-state index is -0.583. The number of anilines is 1. The van der Waals surface area contributed by atoms with Crippen LogP contribution in [0.4, 0.5) is 9.80 Å². The predicted octanol–water partition coefficient (Wildman–Crippen LogP) is 2.44. The molecule has 28 heavy (non-hydrogen) atoms. The SMILES string of the molecule is COC(=O)C1CC(=O)N(c2sc3c(c2C#N)CCN(C(=O)OC(C)(C)C)C3)C1. The van der Waals surface area contributed by atoms with Crippen LogP contribution < -0.4 is 4.90 Å². The molecule has 0 spiro atoms. The minimum absolute atomic E-state index is 0.0736. The molecule has 1 atom stereocenters. The van der Waals surface area contributed by atoms with Gasteiger partial charge in [-0.15, -0.1) is 11.3 Å². The van der Waals surface area contributed by atoms with Crippen LogP contribution in [0.15, 0.2) is 0 Å². The molecule has 3 rings (SSSR count). The van der Waals surface area contributed by atoms with Crippen LogP contribution in [0.1, 0.15) is 43.2 Å². The van der Waals surface area contributed by atoms with Gasteiger partial charge < -0.3 is 19.3 Å². The van der Waals surface area contributed by atoms with Gasteiger partial charge in [-0.2, -0.15) is 5.26 Å². The largest absolute Gasteiger partial charge is 0.469 e. The maximum Gasteiger partial charge on any atom is 0.410 e. The Morgan fingerprint density at radius 3 is 2.64 bits per heavy atom. The van der Waals surface area contributed by atoms with E-state index in [0.717, 1.165) is 10.4 Å². The average molecular weight is 405 g/mol. The molecular weight excluding hydrogens is 382 g/mol. The van der Waals surface area contributed by atoms with Gasteiger partial charge in [0.1, 0.15) is 16.7 Å². The molecule has 1 aromatic heterocycles. The Kier molecular flexibility index (Phi) is 5.35. The number of carbonyl (C=O) groups is 3. The van der Waals surface area contributed by atoms with Crippen LogP contribution in [0.3, 0.4) is 0 Å². The van der Waals surface area contributed by atoms with Crippen molar-refractivity contribution in [3.8, 4) is 6.07 Å². The Morgan fingerprint density at radius 2 is 2.04 bits per heavy atom. The number of nitriles is 1. The number of hydrogen-bond donors (Lipinski definition) is 0. The molecule has 0 N–H and O–H groups in total. The second-order valence-corrected chi connectivity index (χ2v) is 8.96. The number of fused-ring (bicyclic) bond motifs is 1. The minimum Gasteiger partial charge on any atom is -0.469 e. The molecule has 2 amide bonds. The molecule has 8 nitrogen and oxygen atoms in total.